The summed E-state index contributed by atoms with van der Waals surface area (Å²) in [6, 6.07) is 6.04. The Kier molecular flexibility index (Phi) is 2.97. The fraction of sp³-hybridized carbons (Fsp3) is 0.462. The molecule has 0 amide bonds. The SMILES string of the molecule is CS(=O)(=O)C1CCN(c2cccc3[nH]cnc23)CC1. The highest BCUT2D eigenvalue weighted by Crippen LogP contribution is 2.28. The molecule has 0 bridgehead atoms. The first-order chi connectivity index (χ1) is 9.05. The molecule has 0 spiro atoms. The van der Waals surface area contributed by atoms with Crippen LogP contribution in [0.3, 0.4) is 0 Å². The van der Waals surface area contributed by atoms with Crippen molar-refractivity contribution in [2.45, 2.75) is 18.1 Å². The molecular formula is C13H17N3O2S. The van der Waals surface area contributed by atoms with E-state index in [2.05, 4.69) is 14.9 Å². The molecule has 0 unspecified atom stereocenters. The highest BCUT2D eigenvalue weighted by Gasteiger charge is 2.27. The van der Waals surface area contributed by atoms with Crippen molar-refractivity contribution in [1.29, 1.82) is 0 Å². The minimum atomic E-state index is -2.91. The summed E-state index contributed by atoms with van der Waals surface area (Å²) in [7, 11) is -2.91. The zero-order chi connectivity index (χ0) is 13.5. The van der Waals surface area contributed by atoms with Gasteiger partial charge in [0.05, 0.1) is 22.8 Å². The summed E-state index contributed by atoms with van der Waals surface area (Å²) in [5, 5.41) is -0.192. The predicted octanol–water partition coefficient (Wildman–Crippen LogP) is 1.58. The number of rotatable bonds is 2. The molecule has 0 aliphatic carbocycles. The van der Waals surface area contributed by atoms with Crippen LogP contribution in [0.25, 0.3) is 11.0 Å². The van der Waals surface area contributed by atoms with Crippen LogP contribution in [0.4, 0.5) is 5.69 Å². The van der Waals surface area contributed by atoms with Gasteiger partial charge in [-0.2, -0.15) is 0 Å². The third-order valence-corrected chi connectivity index (χ3v) is 5.50. The molecule has 1 aromatic heterocycles. The predicted molar refractivity (Wildman–Crippen MR) is 76.2 cm³/mol. The third kappa shape index (κ3) is 2.32. The van der Waals surface area contributed by atoms with Crippen LogP contribution < -0.4 is 4.90 Å². The van der Waals surface area contributed by atoms with Gasteiger partial charge in [0.15, 0.2) is 0 Å². The number of nitrogens with zero attached hydrogens (tertiary/aromatic N) is 2. The topological polar surface area (TPSA) is 66.1 Å². The maximum absolute atomic E-state index is 11.6. The second-order valence-electron chi connectivity index (χ2n) is 5.09. The molecule has 1 aromatic carbocycles. The first-order valence-electron chi connectivity index (χ1n) is 6.41. The first kappa shape index (κ1) is 12.5. The standard InChI is InChI=1S/C13H17N3O2S/c1-19(17,18)10-5-7-16(8-6-10)12-4-2-3-11-13(12)15-9-14-11/h2-4,9-10H,5-8H2,1H3,(H,14,15). The zero-order valence-corrected chi connectivity index (χ0v) is 11.7. The van der Waals surface area contributed by atoms with E-state index in [4.69, 9.17) is 0 Å². The van der Waals surface area contributed by atoms with Gasteiger partial charge in [0.1, 0.15) is 15.4 Å². The van der Waals surface area contributed by atoms with E-state index in [9.17, 15) is 8.42 Å². The number of fused-ring (bicyclic) bond motifs is 1. The second-order valence-corrected chi connectivity index (χ2v) is 7.42. The highest BCUT2D eigenvalue weighted by molar-refractivity contribution is 7.91. The summed E-state index contributed by atoms with van der Waals surface area (Å²) in [5.74, 6) is 0. The fourth-order valence-corrected chi connectivity index (χ4v) is 3.80. The molecule has 1 aliphatic heterocycles. The van der Waals surface area contributed by atoms with Crippen LogP contribution in [-0.2, 0) is 9.84 Å². The largest absolute Gasteiger partial charge is 0.370 e. The van der Waals surface area contributed by atoms with E-state index in [-0.39, 0.29) is 5.25 Å². The van der Waals surface area contributed by atoms with Crippen LogP contribution in [0.1, 0.15) is 12.8 Å². The Hall–Kier alpha value is -1.56. The first-order valence-corrected chi connectivity index (χ1v) is 8.37. The lowest BCUT2D eigenvalue weighted by Gasteiger charge is -2.32. The average molecular weight is 279 g/mol. The molecule has 102 valence electrons. The summed E-state index contributed by atoms with van der Waals surface area (Å²) in [5.41, 5.74) is 3.06. The van der Waals surface area contributed by atoms with Gasteiger partial charge in [-0.15, -0.1) is 0 Å². The number of anilines is 1. The molecule has 5 nitrogen and oxygen atoms in total. The van der Waals surface area contributed by atoms with E-state index in [1.165, 1.54) is 6.26 Å². The summed E-state index contributed by atoms with van der Waals surface area (Å²) in [6.07, 6.45) is 4.42. The van der Waals surface area contributed by atoms with Crippen molar-refractivity contribution in [1.82, 2.24) is 9.97 Å². The van der Waals surface area contributed by atoms with Gasteiger partial charge in [0.2, 0.25) is 0 Å². The summed E-state index contributed by atoms with van der Waals surface area (Å²) in [6.45, 7) is 1.54. The quantitative estimate of drug-likeness (QED) is 0.906. The Morgan fingerprint density at radius 1 is 1.32 bits per heavy atom. The van der Waals surface area contributed by atoms with Crippen molar-refractivity contribution in [3.8, 4) is 0 Å². The average Bonchev–Trinajstić information content (AvgIpc) is 2.86. The molecule has 1 saturated heterocycles. The molecule has 1 aliphatic rings. The molecule has 0 atom stereocenters. The minimum absolute atomic E-state index is 0.192. The Bertz CT molecular complexity index is 685. The number of benzene rings is 1. The van der Waals surface area contributed by atoms with Crippen LogP contribution in [0.15, 0.2) is 24.5 Å². The van der Waals surface area contributed by atoms with E-state index in [0.29, 0.717) is 12.8 Å². The van der Waals surface area contributed by atoms with Gasteiger partial charge in [-0.05, 0) is 25.0 Å². The van der Waals surface area contributed by atoms with Gasteiger partial charge in [0.25, 0.3) is 0 Å². The molecule has 0 radical (unpaired) electrons. The number of hydrogen-bond donors (Lipinski definition) is 1. The molecule has 6 heteroatoms. The van der Waals surface area contributed by atoms with Gasteiger partial charge in [0, 0.05) is 19.3 Å². The number of imidazole rings is 1. The molecule has 1 fully saturated rings. The fourth-order valence-electron chi connectivity index (χ4n) is 2.73. The van der Waals surface area contributed by atoms with Gasteiger partial charge >= 0.3 is 0 Å². The Labute approximate surface area is 112 Å². The Morgan fingerprint density at radius 2 is 2.05 bits per heavy atom. The van der Waals surface area contributed by atoms with Crippen molar-refractivity contribution in [2.24, 2.45) is 0 Å². The Morgan fingerprint density at radius 3 is 2.74 bits per heavy atom. The molecule has 2 heterocycles. The summed E-state index contributed by atoms with van der Waals surface area (Å²) in [4.78, 5) is 9.67. The lowest BCUT2D eigenvalue weighted by Crippen LogP contribution is -2.39. The number of aromatic nitrogens is 2. The normalized spacial score (nSPS) is 18.1. The molecule has 0 saturated carbocycles. The van der Waals surface area contributed by atoms with Crippen LogP contribution >= 0.6 is 0 Å². The van der Waals surface area contributed by atoms with Crippen molar-refractivity contribution in [2.75, 3.05) is 24.2 Å². The lowest BCUT2D eigenvalue weighted by atomic mass is 10.1. The number of nitrogens with one attached hydrogen (secondary N) is 1. The maximum atomic E-state index is 11.6. The van der Waals surface area contributed by atoms with Crippen molar-refractivity contribution in [3.05, 3.63) is 24.5 Å². The van der Waals surface area contributed by atoms with Crippen LogP contribution in [0.5, 0.6) is 0 Å². The van der Waals surface area contributed by atoms with E-state index in [1.54, 1.807) is 6.33 Å². The number of piperidine rings is 1. The van der Waals surface area contributed by atoms with Crippen LogP contribution in [0.2, 0.25) is 0 Å². The summed E-state index contributed by atoms with van der Waals surface area (Å²) < 4.78 is 23.1. The van der Waals surface area contributed by atoms with Gasteiger partial charge in [-0.25, -0.2) is 13.4 Å². The molecular weight excluding hydrogens is 262 g/mol. The smallest absolute Gasteiger partial charge is 0.150 e. The van der Waals surface area contributed by atoms with E-state index in [1.807, 2.05) is 18.2 Å². The Balaban J connectivity index is 1.84. The van der Waals surface area contributed by atoms with Gasteiger partial charge < -0.3 is 9.88 Å². The molecule has 19 heavy (non-hydrogen) atoms. The minimum Gasteiger partial charge on any atom is -0.370 e. The number of sulfone groups is 1. The van der Waals surface area contributed by atoms with E-state index < -0.39 is 9.84 Å². The monoisotopic (exact) mass is 279 g/mol. The number of aromatic amines is 1. The zero-order valence-electron chi connectivity index (χ0n) is 10.8. The highest BCUT2D eigenvalue weighted by atomic mass is 32.2. The maximum Gasteiger partial charge on any atom is 0.150 e. The second kappa shape index (κ2) is 4.52. The number of hydrogen-bond acceptors (Lipinski definition) is 4. The lowest BCUT2D eigenvalue weighted by molar-refractivity contribution is 0.534. The van der Waals surface area contributed by atoms with Crippen LogP contribution in [0, 0.1) is 0 Å². The van der Waals surface area contributed by atoms with Gasteiger partial charge in [-0.3, -0.25) is 0 Å². The molecule has 1 N–H and O–H groups in total. The van der Waals surface area contributed by atoms with Crippen molar-refractivity contribution in [3.63, 3.8) is 0 Å². The molecule has 2 aromatic rings. The molecule has 3 rings (SSSR count). The number of H-pyrrole nitrogens is 1. The number of para-hydroxylation sites is 1. The van der Waals surface area contributed by atoms with Crippen LogP contribution in [-0.4, -0.2) is 43.0 Å². The van der Waals surface area contributed by atoms with Crippen molar-refractivity contribution >= 4 is 26.6 Å². The van der Waals surface area contributed by atoms with Gasteiger partial charge in [-0.1, -0.05) is 6.07 Å². The van der Waals surface area contributed by atoms with E-state index in [0.717, 1.165) is 29.8 Å². The third-order valence-electron chi connectivity index (χ3n) is 3.82. The van der Waals surface area contributed by atoms with Crippen molar-refractivity contribution < 1.29 is 8.42 Å². The van der Waals surface area contributed by atoms with E-state index >= 15 is 0 Å². The summed E-state index contributed by atoms with van der Waals surface area (Å²) >= 11 is 0.